The van der Waals surface area contributed by atoms with Crippen LogP contribution in [0.3, 0.4) is 0 Å². The second kappa shape index (κ2) is 5.40. The molecule has 110 valence electrons. The Bertz CT molecular complexity index is 482. The van der Waals surface area contributed by atoms with Crippen LogP contribution in [-0.4, -0.2) is 46.4 Å². The second-order valence-corrected chi connectivity index (χ2v) is 5.54. The van der Waals surface area contributed by atoms with E-state index in [1.807, 2.05) is 13.8 Å². The molecule has 2 heterocycles. The van der Waals surface area contributed by atoms with E-state index in [1.54, 1.807) is 0 Å². The molecule has 0 bridgehead atoms. The van der Waals surface area contributed by atoms with Crippen LogP contribution < -0.4 is 15.4 Å². The summed E-state index contributed by atoms with van der Waals surface area (Å²) in [5, 5.41) is 0. The SMILES string of the molecule is CC(C)Oc1nc(N)nc(N2CCOC3CCCC32)n1. The van der Waals surface area contributed by atoms with E-state index in [4.69, 9.17) is 15.2 Å². The Hall–Kier alpha value is -1.63. The standard InChI is InChI=1S/C13H21N5O2/c1-8(2)20-13-16-11(14)15-12(17-13)18-6-7-19-10-5-3-4-9(10)18/h8-10H,3-7H2,1-2H3,(H2,14,15,16,17). The minimum atomic E-state index is 0.00793. The fourth-order valence-corrected chi connectivity index (χ4v) is 2.93. The molecule has 7 nitrogen and oxygen atoms in total. The number of anilines is 2. The van der Waals surface area contributed by atoms with Crippen molar-refractivity contribution in [1.29, 1.82) is 0 Å². The smallest absolute Gasteiger partial charge is 0.323 e. The molecule has 0 spiro atoms. The highest BCUT2D eigenvalue weighted by atomic mass is 16.5. The van der Waals surface area contributed by atoms with Crippen molar-refractivity contribution in [1.82, 2.24) is 15.0 Å². The Morgan fingerprint density at radius 1 is 1.30 bits per heavy atom. The lowest BCUT2D eigenvalue weighted by atomic mass is 10.1. The predicted octanol–water partition coefficient (Wildman–Crippen LogP) is 0.999. The van der Waals surface area contributed by atoms with E-state index in [1.165, 1.54) is 6.42 Å². The van der Waals surface area contributed by atoms with Crippen molar-refractivity contribution in [2.45, 2.75) is 51.4 Å². The van der Waals surface area contributed by atoms with Gasteiger partial charge in [-0.1, -0.05) is 0 Å². The van der Waals surface area contributed by atoms with E-state index >= 15 is 0 Å². The monoisotopic (exact) mass is 279 g/mol. The van der Waals surface area contributed by atoms with Crippen LogP contribution in [0.25, 0.3) is 0 Å². The molecule has 3 rings (SSSR count). The fourth-order valence-electron chi connectivity index (χ4n) is 2.93. The first-order valence-electron chi connectivity index (χ1n) is 7.20. The molecular weight excluding hydrogens is 258 g/mol. The summed E-state index contributed by atoms with van der Waals surface area (Å²) in [6.07, 6.45) is 3.69. The third kappa shape index (κ3) is 2.63. The summed E-state index contributed by atoms with van der Waals surface area (Å²) in [4.78, 5) is 14.9. The van der Waals surface area contributed by atoms with Crippen LogP contribution in [0, 0.1) is 0 Å². The van der Waals surface area contributed by atoms with Gasteiger partial charge in [-0.15, -0.1) is 0 Å². The van der Waals surface area contributed by atoms with Crippen LogP contribution in [-0.2, 0) is 4.74 Å². The van der Waals surface area contributed by atoms with Crippen LogP contribution in [0.15, 0.2) is 0 Å². The van der Waals surface area contributed by atoms with Crippen LogP contribution >= 0.6 is 0 Å². The van der Waals surface area contributed by atoms with Crippen LogP contribution in [0.4, 0.5) is 11.9 Å². The van der Waals surface area contributed by atoms with Crippen molar-refractivity contribution in [2.75, 3.05) is 23.8 Å². The number of hydrogen-bond acceptors (Lipinski definition) is 7. The number of aromatic nitrogens is 3. The van der Waals surface area contributed by atoms with Crippen LogP contribution in [0.2, 0.25) is 0 Å². The zero-order valence-electron chi connectivity index (χ0n) is 12.0. The summed E-state index contributed by atoms with van der Waals surface area (Å²) in [5.74, 6) is 0.806. The summed E-state index contributed by atoms with van der Waals surface area (Å²) in [6.45, 7) is 5.35. The summed E-state index contributed by atoms with van der Waals surface area (Å²) < 4.78 is 11.3. The zero-order valence-corrected chi connectivity index (χ0v) is 12.0. The van der Waals surface area contributed by atoms with Gasteiger partial charge in [-0.05, 0) is 33.1 Å². The van der Waals surface area contributed by atoms with E-state index in [0.717, 1.165) is 19.4 Å². The highest BCUT2D eigenvalue weighted by Crippen LogP contribution is 2.32. The minimum Gasteiger partial charge on any atom is -0.461 e. The average molecular weight is 279 g/mol. The van der Waals surface area contributed by atoms with Gasteiger partial charge in [0.15, 0.2) is 0 Å². The van der Waals surface area contributed by atoms with E-state index < -0.39 is 0 Å². The predicted molar refractivity (Wildman–Crippen MR) is 74.7 cm³/mol. The van der Waals surface area contributed by atoms with Gasteiger partial charge >= 0.3 is 6.01 Å². The van der Waals surface area contributed by atoms with Gasteiger partial charge in [0.25, 0.3) is 0 Å². The molecule has 1 aliphatic heterocycles. The maximum absolute atomic E-state index is 5.80. The molecule has 20 heavy (non-hydrogen) atoms. The highest BCUT2D eigenvalue weighted by Gasteiger charge is 2.37. The van der Waals surface area contributed by atoms with Crippen molar-refractivity contribution in [3.8, 4) is 6.01 Å². The van der Waals surface area contributed by atoms with Crippen molar-refractivity contribution in [3.63, 3.8) is 0 Å². The molecule has 1 saturated heterocycles. The molecule has 2 unspecified atom stereocenters. The molecule has 7 heteroatoms. The zero-order chi connectivity index (χ0) is 14.1. The van der Waals surface area contributed by atoms with Gasteiger partial charge in [0.1, 0.15) is 0 Å². The molecule has 0 radical (unpaired) electrons. The largest absolute Gasteiger partial charge is 0.461 e. The van der Waals surface area contributed by atoms with Gasteiger partial charge in [-0.25, -0.2) is 0 Å². The maximum Gasteiger partial charge on any atom is 0.323 e. The summed E-state index contributed by atoms with van der Waals surface area (Å²) in [5.41, 5.74) is 5.78. The number of rotatable bonds is 3. The first-order chi connectivity index (χ1) is 9.63. The van der Waals surface area contributed by atoms with E-state index in [-0.39, 0.29) is 18.2 Å². The first-order valence-corrected chi connectivity index (χ1v) is 7.20. The van der Waals surface area contributed by atoms with E-state index in [9.17, 15) is 0 Å². The number of nitrogen functional groups attached to an aromatic ring is 1. The second-order valence-electron chi connectivity index (χ2n) is 5.54. The Kier molecular flexibility index (Phi) is 3.60. The lowest BCUT2D eigenvalue weighted by molar-refractivity contribution is 0.0249. The van der Waals surface area contributed by atoms with Crippen molar-refractivity contribution in [2.24, 2.45) is 0 Å². The van der Waals surface area contributed by atoms with Gasteiger partial charge < -0.3 is 20.1 Å². The van der Waals surface area contributed by atoms with Crippen molar-refractivity contribution in [3.05, 3.63) is 0 Å². The van der Waals surface area contributed by atoms with E-state index in [0.29, 0.717) is 24.6 Å². The van der Waals surface area contributed by atoms with Crippen molar-refractivity contribution >= 4 is 11.9 Å². The van der Waals surface area contributed by atoms with Crippen LogP contribution in [0.1, 0.15) is 33.1 Å². The molecule has 2 atom stereocenters. The molecule has 2 N–H and O–H groups in total. The number of ether oxygens (including phenoxy) is 2. The molecule has 0 aromatic carbocycles. The van der Waals surface area contributed by atoms with Crippen molar-refractivity contribution < 1.29 is 9.47 Å². The molecule has 1 aromatic rings. The van der Waals surface area contributed by atoms with Gasteiger partial charge in [-0.2, -0.15) is 15.0 Å². The molecule has 2 fully saturated rings. The maximum atomic E-state index is 5.80. The molecular formula is C13H21N5O2. The molecule has 0 amide bonds. The number of nitrogens with two attached hydrogens (primary N) is 1. The number of hydrogen-bond donors (Lipinski definition) is 1. The summed E-state index contributed by atoms with van der Waals surface area (Å²) in [6, 6.07) is 0.640. The molecule has 1 saturated carbocycles. The first kappa shape index (κ1) is 13.4. The Balaban J connectivity index is 1.86. The van der Waals surface area contributed by atoms with Crippen LogP contribution in [0.5, 0.6) is 6.01 Å². The number of morpholine rings is 1. The Labute approximate surface area is 118 Å². The minimum absolute atomic E-state index is 0.00793. The van der Waals surface area contributed by atoms with Gasteiger partial charge in [0, 0.05) is 6.54 Å². The lowest BCUT2D eigenvalue weighted by Crippen LogP contribution is -2.49. The third-order valence-electron chi connectivity index (χ3n) is 3.70. The van der Waals surface area contributed by atoms with Gasteiger partial charge in [0.05, 0.1) is 24.9 Å². The Morgan fingerprint density at radius 3 is 2.95 bits per heavy atom. The molecule has 1 aliphatic carbocycles. The topological polar surface area (TPSA) is 86.4 Å². The lowest BCUT2D eigenvalue weighted by Gasteiger charge is -2.37. The van der Waals surface area contributed by atoms with E-state index in [2.05, 4.69) is 19.9 Å². The average Bonchev–Trinajstić information content (AvgIpc) is 2.84. The number of nitrogens with zero attached hydrogens (tertiary/aromatic N) is 4. The fraction of sp³-hybridized carbons (Fsp3) is 0.769. The Morgan fingerprint density at radius 2 is 2.15 bits per heavy atom. The summed E-state index contributed by atoms with van der Waals surface area (Å²) in [7, 11) is 0. The quantitative estimate of drug-likeness (QED) is 0.883. The molecule has 1 aromatic heterocycles. The van der Waals surface area contributed by atoms with Gasteiger partial charge in [0.2, 0.25) is 11.9 Å². The highest BCUT2D eigenvalue weighted by molar-refractivity contribution is 5.38. The third-order valence-corrected chi connectivity index (χ3v) is 3.70. The normalized spacial score (nSPS) is 25.9. The van der Waals surface area contributed by atoms with Gasteiger partial charge in [-0.3, -0.25) is 0 Å². The molecule has 2 aliphatic rings. The summed E-state index contributed by atoms with van der Waals surface area (Å²) >= 11 is 0. The number of fused-ring (bicyclic) bond motifs is 1.